The van der Waals surface area contributed by atoms with Crippen LogP contribution < -0.4 is 5.73 Å². The molecule has 0 fully saturated rings. The molecule has 0 aliphatic rings. The molecular weight excluding hydrogens is 226 g/mol. The smallest absolute Gasteiger partial charge is 0.110 e. The van der Waals surface area contributed by atoms with Gasteiger partial charge in [0.25, 0.3) is 0 Å². The normalized spacial score (nSPS) is 12.9. The van der Waals surface area contributed by atoms with E-state index in [0.29, 0.717) is 0 Å². The van der Waals surface area contributed by atoms with Gasteiger partial charge in [-0.1, -0.05) is 0 Å². The predicted octanol–water partition coefficient (Wildman–Crippen LogP) is 2.66. The Morgan fingerprint density at radius 2 is 2.06 bits per heavy atom. The van der Waals surface area contributed by atoms with E-state index >= 15 is 0 Å². The maximum Gasteiger partial charge on any atom is 0.110 e. The van der Waals surface area contributed by atoms with Crippen LogP contribution in [0.25, 0.3) is 0 Å². The highest BCUT2D eigenvalue weighted by Crippen LogP contribution is 2.27. The highest BCUT2D eigenvalue weighted by atomic mass is 16.3. The van der Waals surface area contributed by atoms with Crippen LogP contribution in [-0.2, 0) is 13.0 Å². The van der Waals surface area contributed by atoms with Crippen LogP contribution in [0.15, 0.2) is 16.8 Å². The minimum absolute atomic E-state index is 0.0600. The number of rotatable bonds is 4. The van der Waals surface area contributed by atoms with Gasteiger partial charge in [-0.15, -0.1) is 0 Å². The first-order chi connectivity index (χ1) is 8.54. The van der Waals surface area contributed by atoms with Gasteiger partial charge in [-0.3, -0.25) is 0 Å². The number of hydrogen-bond donors (Lipinski definition) is 1. The summed E-state index contributed by atoms with van der Waals surface area (Å²) in [4.78, 5) is 4.37. The molecule has 98 valence electrons. The van der Waals surface area contributed by atoms with E-state index in [1.807, 2.05) is 26.2 Å². The molecule has 0 aromatic carbocycles. The van der Waals surface area contributed by atoms with Gasteiger partial charge in [0.2, 0.25) is 0 Å². The fourth-order valence-corrected chi connectivity index (χ4v) is 2.47. The van der Waals surface area contributed by atoms with E-state index in [4.69, 9.17) is 10.2 Å². The first-order valence-corrected chi connectivity index (χ1v) is 6.36. The van der Waals surface area contributed by atoms with Crippen LogP contribution in [0.4, 0.5) is 0 Å². The summed E-state index contributed by atoms with van der Waals surface area (Å²) in [5.74, 6) is 2.91. The highest BCUT2D eigenvalue weighted by molar-refractivity contribution is 5.34. The van der Waals surface area contributed by atoms with E-state index < -0.39 is 0 Å². The van der Waals surface area contributed by atoms with Gasteiger partial charge in [0, 0.05) is 37.0 Å². The van der Waals surface area contributed by atoms with E-state index in [2.05, 4.69) is 23.4 Å². The predicted molar refractivity (Wildman–Crippen MR) is 71.5 cm³/mol. The Bertz CT molecular complexity index is 539. The van der Waals surface area contributed by atoms with Crippen molar-refractivity contribution < 1.29 is 4.42 Å². The minimum Gasteiger partial charge on any atom is -0.466 e. The Morgan fingerprint density at radius 3 is 2.61 bits per heavy atom. The van der Waals surface area contributed by atoms with Crippen molar-refractivity contribution in [3.63, 3.8) is 0 Å². The minimum atomic E-state index is -0.0600. The number of aromatic nitrogens is 2. The molecule has 2 rings (SSSR count). The third-order valence-corrected chi connectivity index (χ3v) is 3.53. The molecule has 0 radical (unpaired) electrons. The van der Waals surface area contributed by atoms with Crippen molar-refractivity contribution in [2.75, 3.05) is 0 Å². The van der Waals surface area contributed by atoms with E-state index in [1.165, 1.54) is 0 Å². The van der Waals surface area contributed by atoms with Crippen LogP contribution in [0.3, 0.4) is 0 Å². The van der Waals surface area contributed by atoms with Gasteiger partial charge in [-0.05, 0) is 33.3 Å². The zero-order valence-corrected chi connectivity index (χ0v) is 11.5. The molecule has 0 aliphatic heterocycles. The lowest BCUT2D eigenvalue weighted by Gasteiger charge is -2.13. The zero-order valence-electron chi connectivity index (χ0n) is 11.5. The van der Waals surface area contributed by atoms with Gasteiger partial charge in [0.05, 0.1) is 0 Å². The van der Waals surface area contributed by atoms with Crippen molar-refractivity contribution in [2.24, 2.45) is 5.73 Å². The van der Waals surface area contributed by atoms with E-state index in [9.17, 15) is 0 Å². The van der Waals surface area contributed by atoms with Crippen LogP contribution in [0.5, 0.6) is 0 Å². The first kappa shape index (κ1) is 12.9. The molecule has 0 spiro atoms. The topological polar surface area (TPSA) is 57.0 Å². The summed E-state index contributed by atoms with van der Waals surface area (Å²) >= 11 is 0. The van der Waals surface area contributed by atoms with Crippen LogP contribution >= 0.6 is 0 Å². The molecule has 2 aromatic rings. The summed E-state index contributed by atoms with van der Waals surface area (Å²) in [7, 11) is 0. The number of nitrogens with two attached hydrogens (primary N) is 1. The van der Waals surface area contributed by atoms with Crippen molar-refractivity contribution in [3.8, 4) is 0 Å². The maximum absolute atomic E-state index is 6.31. The SMILES string of the molecule is CCn1ccnc1CC(N)c1c(C)oc(C)c1C. The third-order valence-electron chi connectivity index (χ3n) is 3.53. The van der Waals surface area contributed by atoms with Gasteiger partial charge in [-0.25, -0.2) is 4.98 Å². The fourth-order valence-electron chi connectivity index (χ4n) is 2.47. The van der Waals surface area contributed by atoms with Gasteiger partial charge >= 0.3 is 0 Å². The second-order valence-electron chi connectivity index (χ2n) is 4.69. The van der Waals surface area contributed by atoms with Gasteiger partial charge in [0.1, 0.15) is 17.3 Å². The van der Waals surface area contributed by atoms with Crippen LogP contribution in [-0.4, -0.2) is 9.55 Å². The van der Waals surface area contributed by atoms with E-state index in [1.54, 1.807) is 0 Å². The number of imidazole rings is 1. The van der Waals surface area contributed by atoms with Gasteiger partial charge in [0.15, 0.2) is 0 Å². The number of hydrogen-bond acceptors (Lipinski definition) is 3. The van der Waals surface area contributed by atoms with Crippen molar-refractivity contribution >= 4 is 0 Å². The Morgan fingerprint density at radius 1 is 1.33 bits per heavy atom. The molecular formula is C14H21N3O. The Kier molecular flexibility index (Phi) is 3.57. The number of aryl methyl sites for hydroxylation is 3. The van der Waals surface area contributed by atoms with Crippen LogP contribution in [0, 0.1) is 20.8 Å². The zero-order chi connectivity index (χ0) is 13.3. The third kappa shape index (κ3) is 2.20. The monoisotopic (exact) mass is 247 g/mol. The molecule has 2 heterocycles. The standard InChI is InChI=1S/C14H21N3O/c1-5-17-7-6-16-13(17)8-12(15)14-9(2)10(3)18-11(14)4/h6-7,12H,5,8,15H2,1-4H3. The summed E-state index contributed by atoms with van der Waals surface area (Å²) in [6, 6.07) is -0.0600. The van der Waals surface area contributed by atoms with Gasteiger partial charge in [-0.2, -0.15) is 0 Å². The molecule has 0 saturated heterocycles. The summed E-state index contributed by atoms with van der Waals surface area (Å²) in [5.41, 5.74) is 8.60. The summed E-state index contributed by atoms with van der Waals surface area (Å²) < 4.78 is 7.76. The molecule has 1 unspecified atom stereocenters. The molecule has 4 nitrogen and oxygen atoms in total. The highest BCUT2D eigenvalue weighted by Gasteiger charge is 2.19. The molecule has 0 aliphatic carbocycles. The lowest BCUT2D eigenvalue weighted by Crippen LogP contribution is -2.17. The number of furan rings is 1. The Hall–Kier alpha value is -1.55. The molecule has 18 heavy (non-hydrogen) atoms. The second-order valence-corrected chi connectivity index (χ2v) is 4.69. The molecule has 0 bridgehead atoms. The quantitative estimate of drug-likeness (QED) is 0.903. The van der Waals surface area contributed by atoms with Crippen molar-refractivity contribution in [2.45, 2.75) is 46.7 Å². The molecule has 0 saturated carbocycles. The maximum atomic E-state index is 6.31. The summed E-state index contributed by atoms with van der Waals surface area (Å²) in [5, 5.41) is 0. The number of nitrogens with zero attached hydrogens (tertiary/aromatic N) is 2. The Labute approximate surface area is 108 Å². The van der Waals surface area contributed by atoms with Gasteiger partial charge < -0.3 is 14.7 Å². The van der Waals surface area contributed by atoms with Crippen LogP contribution in [0.2, 0.25) is 0 Å². The molecule has 2 aromatic heterocycles. The summed E-state index contributed by atoms with van der Waals surface area (Å²) in [6.07, 6.45) is 4.55. The lowest BCUT2D eigenvalue weighted by atomic mass is 10.00. The lowest BCUT2D eigenvalue weighted by molar-refractivity contribution is 0.495. The van der Waals surface area contributed by atoms with Crippen molar-refractivity contribution in [1.29, 1.82) is 0 Å². The van der Waals surface area contributed by atoms with E-state index in [-0.39, 0.29) is 6.04 Å². The van der Waals surface area contributed by atoms with Crippen LogP contribution in [0.1, 0.15) is 41.4 Å². The molecule has 2 N–H and O–H groups in total. The first-order valence-electron chi connectivity index (χ1n) is 6.36. The molecule has 0 amide bonds. The summed E-state index contributed by atoms with van der Waals surface area (Å²) in [6.45, 7) is 9.04. The van der Waals surface area contributed by atoms with Crippen molar-refractivity contribution in [3.05, 3.63) is 40.9 Å². The molecule has 1 atom stereocenters. The fraction of sp³-hybridized carbons (Fsp3) is 0.500. The largest absolute Gasteiger partial charge is 0.466 e. The van der Waals surface area contributed by atoms with Crippen molar-refractivity contribution in [1.82, 2.24) is 9.55 Å². The average Bonchev–Trinajstić information content (AvgIpc) is 2.85. The Balaban J connectivity index is 2.24. The second kappa shape index (κ2) is 4.98. The molecule has 4 heteroatoms. The average molecular weight is 247 g/mol. The van der Waals surface area contributed by atoms with E-state index in [0.717, 1.165) is 41.4 Å².